The van der Waals surface area contributed by atoms with Crippen LogP contribution in [0.5, 0.6) is 5.75 Å². The second-order valence-corrected chi connectivity index (χ2v) is 3.72. The van der Waals surface area contributed by atoms with Gasteiger partial charge in [-0.3, -0.25) is 4.79 Å². The maximum Gasteiger partial charge on any atom is 0.454 e. The Hall–Kier alpha value is -2.24. The van der Waals surface area contributed by atoms with E-state index >= 15 is 0 Å². The number of hydrogen-bond acceptors (Lipinski definition) is 3. The molecule has 1 aromatic carbocycles. The topological polar surface area (TPSA) is 39.4 Å². The van der Waals surface area contributed by atoms with E-state index < -0.39 is 17.5 Å². The molecule has 0 saturated carbocycles. The fourth-order valence-corrected chi connectivity index (χ4v) is 1.64. The predicted octanol–water partition coefficient (Wildman–Crippen LogP) is 3.70. The lowest BCUT2D eigenvalue weighted by atomic mass is 10.0. The van der Waals surface area contributed by atoms with Crippen LogP contribution in [0.3, 0.4) is 0 Å². The number of rotatable bonds is 3. The van der Waals surface area contributed by atoms with E-state index in [0.29, 0.717) is 0 Å². The standard InChI is InChI=1S/C13H9F3O3/c1-18-8-4-5-9(11-3-2-6-19-11)10(7-8)12(17)13(14,15)16/h2-7H,1H3. The Kier molecular flexibility index (Phi) is 3.33. The summed E-state index contributed by atoms with van der Waals surface area (Å²) in [6, 6.07) is 6.88. The summed E-state index contributed by atoms with van der Waals surface area (Å²) in [6.07, 6.45) is -3.63. The molecule has 0 fully saturated rings. The van der Waals surface area contributed by atoms with Gasteiger partial charge in [0.2, 0.25) is 0 Å². The highest BCUT2D eigenvalue weighted by Crippen LogP contribution is 2.32. The van der Waals surface area contributed by atoms with Crippen molar-refractivity contribution in [3.63, 3.8) is 0 Å². The van der Waals surface area contributed by atoms with Crippen molar-refractivity contribution in [2.75, 3.05) is 7.11 Å². The summed E-state index contributed by atoms with van der Waals surface area (Å²) in [5.74, 6) is -1.57. The molecule has 0 unspecified atom stereocenters. The Morgan fingerprint density at radius 2 is 2.00 bits per heavy atom. The third kappa shape index (κ3) is 2.62. The van der Waals surface area contributed by atoms with Crippen molar-refractivity contribution in [1.82, 2.24) is 0 Å². The second kappa shape index (κ2) is 4.79. The third-order valence-corrected chi connectivity index (χ3v) is 2.52. The molecule has 100 valence electrons. The summed E-state index contributed by atoms with van der Waals surface area (Å²) in [5, 5.41) is 0. The molecule has 0 radical (unpaired) electrons. The van der Waals surface area contributed by atoms with Gasteiger partial charge in [-0.25, -0.2) is 0 Å². The van der Waals surface area contributed by atoms with Gasteiger partial charge in [0, 0.05) is 11.1 Å². The lowest BCUT2D eigenvalue weighted by Crippen LogP contribution is -2.23. The average molecular weight is 270 g/mol. The van der Waals surface area contributed by atoms with Crippen molar-refractivity contribution in [2.45, 2.75) is 6.18 Å². The van der Waals surface area contributed by atoms with Crippen LogP contribution in [0.4, 0.5) is 13.2 Å². The molecule has 2 aromatic rings. The first-order chi connectivity index (χ1) is 8.93. The van der Waals surface area contributed by atoms with Crippen LogP contribution >= 0.6 is 0 Å². The first kappa shape index (κ1) is 13.2. The highest BCUT2D eigenvalue weighted by Gasteiger charge is 2.40. The van der Waals surface area contributed by atoms with Crippen molar-refractivity contribution >= 4 is 5.78 Å². The number of ketones is 1. The zero-order chi connectivity index (χ0) is 14.0. The molecule has 0 bridgehead atoms. The number of benzene rings is 1. The van der Waals surface area contributed by atoms with Crippen molar-refractivity contribution in [2.24, 2.45) is 0 Å². The minimum Gasteiger partial charge on any atom is -0.497 e. The van der Waals surface area contributed by atoms with Gasteiger partial charge in [0.05, 0.1) is 13.4 Å². The summed E-state index contributed by atoms with van der Waals surface area (Å²) < 4.78 is 47.6. The predicted molar refractivity (Wildman–Crippen MR) is 61.1 cm³/mol. The van der Waals surface area contributed by atoms with Crippen LogP contribution in [0.15, 0.2) is 41.0 Å². The maximum absolute atomic E-state index is 12.6. The lowest BCUT2D eigenvalue weighted by Gasteiger charge is -2.10. The van der Waals surface area contributed by atoms with Crippen LogP contribution in [0, 0.1) is 0 Å². The van der Waals surface area contributed by atoms with Gasteiger partial charge in [0.1, 0.15) is 11.5 Å². The molecule has 19 heavy (non-hydrogen) atoms. The number of alkyl halides is 3. The Morgan fingerprint density at radius 1 is 1.26 bits per heavy atom. The summed E-state index contributed by atoms with van der Waals surface area (Å²) in [6.45, 7) is 0. The van der Waals surface area contributed by atoms with Crippen LogP contribution in [-0.2, 0) is 0 Å². The number of hydrogen-bond donors (Lipinski definition) is 0. The van der Waals surface area contributed by atoms with Gasteiger partial charge in [-0.05, 0) is 30.3 Å². The maximum atomic E-state index is 12.6. The zero-order valence-electron chi connectivity index (χ0n) is 9.82. The molecule has 0 atom stereocenters. The van der Waals surface area contributed by atoms with E-state index in [-0.39, 0.29) is 17.1 Å². The second-order valence-electron chi connectivity index (χ2n) is 3.72. The Morgan fingerprint density at radius 3 is 2.53 bits per heavy atom. The fraction of sp³-hybridized carbons (Fsp3) is 0.154. The van der Waals surface area contributed by atoms with Gasteiger partial charge >= 0.3 is 6.18 Å². The number of furan rings is 1. The molecule has 1 aromatic heterocycles. The largest absolute Gasteiger partial charge is 0.497 e. The Labute approximate surface area is 106 Å². The number of methoxy groups -OCH3 is 1. The minimum atomic E-state index is -4.95. The van der Waals surface area contributed by atoms with Crippen LogP contribution in [0.1, 0.15) is 10.4 Å². The summed E-state index contributed by atoms with van der Waals surface area (Å²) >= 11 is 0. The number of carbonyl (C=O) groups excluding carboxylic acids is 1. The van der Waals surface area contributed by atoms with Crippen LogP contribution in [0.25, 0.3) is 11.3 Å². The van der Waals surface area contributed by atoms with Crippen LogP contribution in [0.2, 0.25) is 0 Å². The molecular formula is C13H9F3O3. The highest BCUT2D eigenvalue weighted by molar-refractivity contribution is 6.05. The number of halogens is 3. The molecule has 6 heteroatoms. The van der Waals surface area contributed by atoms with E-state index in [0.717, 1.165) is 6.07 Å². The molecule has 3 nitrogen and oxygen atoms in total. The SMILES string of the molecule is COc1ccc(-c2ccco2)c(C(=O)C(F)(F)F)c1. The van der Waals surface area contributed by atoms with Crippen LogP contribution < -0.4 is 4.74 Å². The number of Topliss-reactive ketones (excluding diaryl/α,β-unsaturated/α-hetero) is 1. The van der Waals surface area contributed by atoms with Gasteiger partial charge in [-0.1, -0.05) is 0 Å². The van der Waals surface area contributed by atoms with E-state index in [2.05, 4.69) is 0 Å². The smallest absolute Gasteiger partial charge is 0.454 e. The van der Waals surface area contributed by atoms with E-state index in [1.165, 1.54) is 37.6 Å². The molecule has 0 saturated heterocycles. The molecule has 0 amide bonds. The minimum absolute atomic E-state index is 0.0770. The third-order valence-electron chi connectivity index (χ3n) is 2.52. The zero-order valence-corrected chi connectivity index (χ0v) is 9.82. The number of ether oxygens (including phenoxy) is 1. The molecule has 0 N–H and O–H groups in total. The summed E-state index contributed by atoms with van der Waals surface area (Å²) in [7, 11) is 1.31. The van der Waals surface area contributed by atoms with E-state index in [1.807, 2.05) is 0 Å². The molecule has 0 spiro atoms. The quantitative estimate of drug-likeness (QED) is 0.798. The molecule has 0 aliphatic carbocycles. The van der Waals surface area contributed by atoms with Crippen molar-refractivity contribution in [3.05, 3.63) is 42.2 Å². The van der Waals surface area contributed by atoms with Gasteiger partial charge in [0.25, 0.3) is 5.78 Å². The Balaban J connectivity index is 2.59. The Bertz CT molecular complexity index is 586. The van der Waals surface area contributed by atoms with Gasteiger partial charge in [0.15, 0.2) is 0 Å². The van der Waals surface area contributed by atoms with Crippen molar-refractivity contribution in [3.8, 4) is 17.1 Å². The summed E-state index contributed by atoms with van der Waals surface area (Å²) in [5.41, 5.74) is -0.421. The monoisotopic (exact) mass is 270 g/mol. The van der Waals surface area contributed by atoms with Gasteiger partial charge in [-0.15, -0.1) is 0 Å². The van der Waals surface area contributed by atoms with E-state index in [4.69, 9.17) is 9.15 Å². The summed E-state index contributed by atoms with van der Waals surface area (Å²) in [4.78, 5) is 11.4. The first-order valence-corrected chi connectivity index (χ1v) is 5.27. The number of carbonyl (C=O) groups is 1. The molecule has 1 heterocycles. The molecule has 0 aliphatic heterocycles. The van der Waals surface area contributed by atoms with Crippen molar-refractivity contribution < 1.29 is 27.1 Å². The first-order valence-electron chi connectivity index (χ1n) is 5.27. The van der Waals surface area contributed by atoms with E-state index in [9.17, 15) is 18.0 Å². The van der Waals surface area contributed by atoms with Gasteiger partial charge < -0.3 is 9.15 Å². The van der Waals surface area contributed by atoms with E-state index in [1.54, 1.807) is 0 Å². The normalized spacial score (nSPS) is 11.4. The van der Waals surface area contributed by atoms with Gasteiger partial charge in [-0.2, -0.15) is 13.2 Å². The lowest BCUT2D eigenvalue weighted by molar-refractivity contribution is -0.0884. The van der Waals surface area contributed by atoms with Crippen LogP contribution in [-0.4, -0.2) is 19.1 Å². The fourth-order valence-electron chi connectivity index (χ4n) is 1.64. The molecular weight excluding hydrogens is 261 g/mol. The van der Waals surface area contributed by atoms with Crippen molar-refractivity contribution in [1.29, 1.82) is 0 Å². The average Bonchev–Trinajstić information content (AvgIpc) is 2.89. The molecule has 2 rings (SSSR count). The molecule has 0 aliphatic rings. The highest BCUT2D eigenvalue weighted by atomic mass is 19.4.